The zero-order valence-electron chi connectivity index (χ0n) is 15.9. The van der Waals surface area contributed by atoms with Gasteiger partial charge in [-0.1, -0.05) is 0 Å². The van der Waals surface area contributed by atoms with Crippen LogP contribution in [-0.4, -0.2) is 36.4 Å². The molecule has 0 unspecified atom stereocenters. The summed E-state index contributed by atoms with van der Waals surface area (Å²) in [5.41, 5.74) is 1.54. The molecule has 136 valence electrons. The molecule has 24 heavy (non-hydrogen) atoms. The van der Waals surface area contributed by atoms with E-state index in [2.05, 4.69) is 55.7 Å². The summed E-state index contributed by atoms with van der Waals surface area (Å²) in [7, 11) is 0. The molecule has 2 heterocycles. The molecular weight excluding hydrogens is 489 g/mol. The molecule has 0 aromatic carbocycles. The molecule has 0 bridgehead atoms. The van der Waals surface area contributed by atoms with Gasteiger partial charge in [0, 0.05) is 0 Å². The van der Waals surface area contributed by atoms with Gasteiger partial charge in [0.25, 0.3) is 0 Å². The zero-order chi connectivity index (χ0) is 17.8. The Labute approximate surface area is 164 Å². The van der Waals surface area contributed by atoms with Gasteiger partial charge in [0.15, 0.2) is 0 Å². The Morgan fingerprint density at radius 2 is 1.75 bits per heavy atom. The summed E-state index contributed by atoms with van der Waals surface area (Å²) in [6, 6.07) is 2.49. The number of halogens is 1. The first-order chi connectivity index (χ1) is 11.2. The van der Waals surface area contributed by atoms with Gasteiger partial charge in [-0.25, -0.2) is 0 Å². The first-order valence-corrected chi connectivity index (χ1v) is 20.8. The second-order valence-electron chi connectivity index (χ2n) is 8.53. The average molecular weight is 521 g/mol. The van der Waals surface area contributed by atoms with Crippen molar-refractivity contribution in [3.05, 3.63) is 15.4 Å². The minimum absolute atomic E-state index is 0.000513. The molecule has 1 aromatic rings. The van der Waals surface area contributed by atoms with E-state index in [1.807, 2.05) is 11.3 Å². The number of unbranched alkanes of at least 4 members (excludes halogenated alkanes) is 4. The van der Waals surface area contributed by atoms with Gasteiger partial charge in [-0.3, -0.25) is 0 Å². The number of nitrogens with zero attached hydrogens (tertiary/aromatic N) is 1. The third-order valence-corrected chi connectivity index (χ3v) is 15.7. The maximum absolute atomic E-state index is 5.65. The second-order valence-corrected chi connectivity index (χ2v) is 26.3. The fraction of sp³-hybridized carbons (Fsp3) is 0.737. The van der Waals surface area contributed by atoms with Gasteiger partial charge in [0.05, 0.1) is 5.54 Å². The number of hydrogen-bond donors (Lipinski definition) is 0. The van der Waals surface area contributed by atoms with E-state index in [-0.39, 0.29) is 5.54 Å². The molecule has 0 saturated carbocycles. The van der Waals surface area contributed by atoms with Crippen molar-refractivity contribution < 1.29 is 4.74 Å². The minimum atomic E-state index is -1.90. The first kappa shape index (κ1) is 20.8. The van der Waals surface area contributed by atoms with E-state index in [4.69, 9.17) is 4.74 Å². The van der Waals surface area contributed by atoms with Crippen LogP contribution in [0.5, 0.6) is 0 Å². The molecule has 5 heteroatoms. The van der Waals surface area contributed by atoms with Gasteiger partial charge in [-0.2, -0.15) is 0 Å². The number of rotatable bonds is 9. The van der Waals surface area contributed by atoms with Crippen LogP contribution < -0.4 is 2.89 Å². The molecule has 0 fully saturated rings. The number of ether oxygens (including phenoxy) is 1. The number of aryl methyl sites for hydroxylation is 1. The van der Waals surface area contributed by atoms with Crippen LogP contribution in [0.2, 0.25) is 14.8 Å². The summed E-state index contributed by atoms with van der Waals surface area (Å²) < 4.78 is 8.71. The summed E-state index contributed by atoms with van der Waals surface area (Å²) in [6.45, 7) is 5.02. The number of thiophene rings is 1. The van der Waals surface area contributed by atoms with E-state index in [0.29, 0.717) is 0 Å². The number of aliphatic imine (C=N–C) groups is 1. The molecule has 1 aliphatic rings. The molecule has 2 rings (SSSR count). The van der Waals surface area contributed by atoms with Crippen molar-refractivity contribution in [3.8, 4) is 0 Å². The Morgan fingerprint density at radius 3 is 2.29 bits per heavy atom. The molecule has 1 aliphatic heterocycles. The molecule has 0 atom stereocenters. The number of hydrogen-bond acceptors (Lipinski definition) is 3. The predicted octanol–water partition coefficient (Wildman–Crippen LogP) is 6.15. The van der Waals surface area contributed by atoms with E-state index < -0.39 is 18.4 Å². The quantitative estimate of drug-likeness (QED) is 0.283. The summed E-state index contributed by atoms with van der Waals surface area (Å²) >= 11 is 3.87. The van der Waals surface area contributed by atoms with Crippen molar-refractivity contribution in [1.29, 1.82) is 0 Å². The molecule has 0 radical (unpaired) electrons. The van der Waals surface area contributed by atoms with Crippen molar-refractivity contribution in [1.82, 2.24) is 0 Å². The van der Waals surface area contributed by atoms with Crippen LogP contribution in [0.3, 0.4) is 0 Å². The van der Waals surface area contributed by atoms with Gasteiger partial charge in [0.1, 0.15) is 6.61 Å². The average Bonchev–Trinajstić information content (AvgIpc) is 3.00. The Kier molecular flexibility index (Phi) is 7.69. The molecule has 0 spiro atoms. The van der Waals surface area contributed by atoms with E-state index in [1.165, 1.54) is 47.9 Å². The Balaban J connectivity index is 1.60. The summed E-state index contributed by atoms with van der Waals surface area (Å²) in [5, 5.41) is 0. The van der Waals surface area contributed by atoms with Crippen LogP contribution in [0.25, 0.3) is 0 Å². The maximum atomic E-state index is 5.65. The zero-order valence-corrected chi connectivity index (χ0v) is 21.1. The Bertz CT molecular complexity index is 574. The van der Waals surface area contributed by atoms with E-state index in [0.717, 1.165) is 18.9 Å². The van der Waals surface area contributed by atoms with E-state index >= 15 is 0 Å². The van der Waals surface area contributed by atoms with Crippen molar-refractivity contribution >= 4 is 54.4 Å². The van der Waals surface area contributed by atoms with Gasteiger partial charge >= 0.3 is 139 Å². The predicted molar refractivity (Wildman–Crippen MR) is 114 cm³/mol. The van der Waals surface area contributed by atoms with Crippen molar-refractivity contribution in [3.63, 3.8) is 0 Å². The van der Waals surface area contributed by atoms with Gasteiger partial charge in [-0.05, 0) is 13.8 Å². The molecule has 0 amide bonds. The topological polar surface area (TPSA) is 21.6 Å². The van der Waals surface area contributed by atoms with Gasteiger partial charge < -0.3 is 0 Å². The van der Waals surface area contributed by atoms with Crippen molar-refractivity contribution in [2.75, 3.05) is 6.61 Å². The molecular formula is C19H32BrNOSSn. The third kappa shape index (κ3) is 6.64. The van der Waals surface area contributed by atoms with Gasteiger partial charge in [-0.15, -0.1) is 0 Å². The van der Waals surface area contributed by atoms with Crippen LogP contribution in [0.4, 0.5) is 0 Å². The van der Waals surface area contributed by atoms with Crippen LogP contribution in [0.1, 0.15) is 57.9 Å². The van der Waals surface area contributed by atoms with Gasteiger partial charge in [0.2, 0.25) is 0 Å². The van der Waals surface area contributed by atoms with Crippen molar-refractivity contribution in [2.24, 2.45) is 4.99 Å². The molecule has 0 aliphatic carbocycles. The second kappa shape index (κ2) is 8.89. The van der Waals surface area contributed by atoms with E-state index in [9.17, 15) is 0 Å². The monoisotopic (exact) mass is 521 g/mol. The van der Waals surface area contributed by atoms with E-state index in [1.54, 1.807) is 2.89 Å². The summed E-state index contributed by atoms with van der Waals surface area (Å²) in [5.74, 6) is 0.975. The molecule has 0 N–H and O–H groups in total. The molecule has 0 saturated heterocycles. The molecule has 2 nitrogen and oxygen atoms in total. The van der Waals surface area contributed by atoms with Crippen LogP contribution >= 0.6 is 27.3 Å². The SMILES string of the molecule is CC1(C)COC(CCCCCCCc2c[c]([Sn]([CH3])([CH3])[CH3])sc2Br)=N1. The Morgan fingerprint density at radius 1 is 1.12 bits per heavy atom. The Hall–Kier alpha value is 0.449. The van der Waals surface area contributed by atoms with Crippen LogP contribution in [0.15, 0.2) is 14.8 Å². The first-order valence-electron chi connectivity index (χ1n) is 9.18. The summed E-state index contributed by atoms with van der Waals surface area (Å²) in [6.07, 6.45) is 8.69. The van der Waals surface area contributed by atoms with Crippen molar-refractivity contribution in [2.45, 2.75) is 79.2 Å². The standard InChI is InChI=1S/C16H23BrNOS.3CH3.Sn/c1-16(2)12-19-14(18-16)9-7-5-3-4-6-8-13-10-11-20-15(13)17;;;;/h10H,3-9,12H2,1-2H3;3*1H3;. The third-order valence-electron chi connectivity index (χ3n) is 4.35. The summed E-state index contributed by atoms with van der Waals surface area (Å²) in [4.78, 5) is 12.1. The fourth-order valence-electron chi connectivity index (χ4n) is 2.86. The normalized spacial score (nSPS) is 17.0. The molecule has 1 aromatic heterocycles. The van der Waals surface area contributed by atoms with Crippen LogP contribution in [-0.2, 0) is 11.2 Å². The fourth-order valence-corrected chi connectivity index (χ4v) is 11.2. The van der Waals surface area contributed by atoms with Crippen LogP contribution in [0, 0.1) is 0 Å².